The van der Waals surface area contributed by atoms with Crippen molar-refractivity contribution < 1.29 is 4.79 Å². The highest BCUT2D eigenvalue weighted by atomic mass is 32.1. The summed E-state index contributed by atoms with van der Waals surface area (Å²) in [7, 11) is 0. The fraction of sp³-hybridized carbons (Fsp3) is 0.462. The van der Waals surface area contributed by atoms with Crippen LogP contribution in [-0.4, -0.2) is 62.9 Å². The molecule has 1 aromatic carbocycles. The summed E-state index contributed by atoms with van der Waals surface area (Å²) < 4.78 is 0.915. The average molecular weight is 521 g/mol. The van der Waals surface area contributed by atoms with Gasteiger partial charge in [0.05, 0.1) is 15.6 Å². The maximum absolute atomic E-state index is 13.5. The van der Waals surface area contributed by atoms with Gasteiger partial charge in [-0.25, -0.2) is 9.97 Å². The van der Waals surface area contributed by atoms with Crippen LogP contribution in [0.1, 0.15) is 36.1 Å². The van der Waals surface area contributed by atoms with E-state index in [0.717, 1.165) is 70.8 Å². The number of thiophene rings is 1. The van der Waals surface area contributed by atoms with Crippen LogP contribution in [0.5, 0.6) is 0 Å². The third-order valence-electron chi connectivity index (χ3n) is 8.03. The number of benzene rings is 1. The summed E-state index contributed by atoms with van der Waals surface area (Å²) >= 11 is 2.91. The summed E-state index contributed by atoms with van der Waals surface area (Å²) in [6, 6.07) is 6.40. The molecule has 186 valence electrons. The van der Waals surface area contributed by atoms with Crippen molar-refractivity contribution in [3.8, 4) is 0 Å². The summed E-state index contributed by atoms with van der Waals surface area (Å²) in [5, 5.41) is 4.53. The van der Waals surface area contributed by atoms with Gasteiger partial charge in [-0.2, -0.15) is 0 Å². The van der Waals surface area contributed by atoms with Gasteiger partial charge < -0.3 is 15.2 Å². The van der Waals surface area contributed by atoms with Gasteiger partial charge in [-0.05, 0) is 62.4 Å². The molecular formula is C26H28N6O2S2. The van der Waals surface area contributed by atoms with E-state index >= 15 is 0 Å². The number of hydrogen-bond donors (Lipinski definition) is 2. The van der Waals surface area contributed by atoms with E-state index in [9.17, 15) is 9.59 Å². The summed E-state index contributed by atoms with van der Waals surface area (Å²) in [5.74, 6) is 1.19. The first-order chi connectivity index (χ1) is 17.6. The summed E-state index contributed by atoms with van der Waals surface area (Å²) in [6.45, 7) is 3.98. The van der Waals surface area contributed by atoms with Crippen molar-refractivity contribution in [1.82, 2.24) is 24.8 Å². The van der Waals surface area contributed by atoms with Gasteiger partial charge in [0.25, 0.3) is 0 Å². The summed E-state index contributed by atoms with van der Waals surface area (Å²) in [6.07, 6.45) is 7.95. The number of piperazine rings is 1. The average Bonchev–Trinajstić information content (AvgIpc) is 3.47. The molecule has 1 aliphatic carbocycles. The molecule has 5 heterocycles. The predicted molar refractivity (Wildman–Crippen MR) is 144 cm³/mol. The number of carbonyl (C=O) groups excluding carboxylic acids is 1. The van der Waals surface area contributed by atoms with E-state index in [4.69, 9.17) is 0 Å². The Labute approximate surface area is 216 Å². The first kappa shape index (κ1) is 22.4. The fourth-order valence-electron chi connectivity index (χ4n) is 6.19. The largest absolute Gasteiger partial charge is 0.340 e. The minimum atomic E-state index is -0.0526. The molecule has 0 radical (unpaired) electrons. The van der Waals surface area contributed by atoms with Crippen LogP contribution in [0.15, 0.2) is 29.3 Å². The van der Waals surface area contributed by atoms with Crippen molar-refractivity contribution in [2.75, 3.05) is 31.5 Å². The van der Waals surface area contributed by atoms with E-state index in [0.29, 0.717) is 11.9 Å². The van der Waals surface area contributed by atoms with Crippen molar-refractivity contribution in [2.45, 2.75) is 44.6 Å². The van der Waals surface area contributed by atoms with E-state index in [1.165, 1.54) is 47.6 Å². The Hall–Kier alpha value is -2.82. The van der Waals surface area contributed by atoms with Crippen LogP contribution in [0, 0.1) is 5.92 Å². The molecule has 8 nitrogen and oxygen atoms in total. The quantitative estimate of drug-likeness (QED) is 0.422. The van der Waals surface area contributed by atoms with Gasteiger partial charge >= 0.3 is 4.87 Å². The second-order valence-electron chi connectivity index (χ2n) is 10.2. The highest BCUT2D eigenvalue weighted by molar-refractivity contribution is 7.19. The number of rotatable bonds is 3. The van der Waals surface area contributed by atoms with Crippen molar-refractivity contribution >= 4 is 60.5 Å². The Bertz CT molecular complexity index is 1520. The highest BCUT2D eigenvalue weighted by Gasteiger charge is 2.36. The van der Waals surface area contributed by atoms with Crippen LogP contribution in [0.3, 0.4) is 0 Å². The molecule has 3 aliphatic rings. The van der Waals surface area contributed by atoms with Crippen LogP contribution >= 0.6 is 22.7 Å². The lowest BCUT2D eigenvalue weighted by Gasteiger charge is -2.45. The molecular weight excluding hydrogens is 492 g/mol. The number of nitrogens with zero attached hydrogens (tertiary/aromatic N) is 4. The second kappa shape index (κ2) is 8.93. The number of nitrogens with one attached hydrogen (secondary N) is 2. The Balaban J connectivity index is 1.13. The molecule has 2 aliphatic heterocycles. The minimum absolute atomic E-state index is 0.0526. The van der Waals surface area contributed by atoms with Crippen LogP contribution in [0.4, 0.5) is 11.5 Å². The van der Waals surface area contributed by atoms with Crippen molar-refractivity contribution in [2.24, 2.45) is 5.92 Å². The van der Waals surface area contributed by atoms with Crippen LogP contribution in [-0.2, 0) is 17.6 Å². The number of amides is 1. The number of aryl methyl sites for hydroxylation is 1. The van der Waals surface area contributed by atoms with Crippen LogP contribution in [0.2, 0.25) is 0 Å². The van der Waals surface area contributed by atoms with Gasteiger partial charge in [-0.3, -0.25) is 14.5 Å². The molecule has 7 rings (SSSR count). The lowest BCUT2D eigenvalue weighted by molar-refractivity contribution is -0.139. The molecule has 1 amide bonds. The molecule has 2 atom stereocenters. The monoisotopic (exact) mass is 520 g/mol. The van der Waals surface area contributed by atoms with Crippen LogP contribution < -0.4 is 10.2 Å². The smallest absolute Gasteiger partial charge is 0.305 e. The third-order valence-corrected chi connectivity index (χ3v) is 10.0. The molecule has 0 saturated carbocycles. The SMILES string of the molecule is O=C(C1CCc2c(sc3ncnc(Nc4ccc5[nH]c(=O)sc5c4)c23)C1)N1CCN2CCCCC2C1. The molecule has 2 unspecified atom stereocenters. The van der Waals surface area contributed by atoms with E-state index < -0.39 is 0 Å². The number of fused-ring (bicyclic) bond motifs is 5. The summed E-state index contributed by atoms with van der Waals surface area (Å²) in [5.41, 5.74) is 3.02. The van der Waals surface area contributed by atoms with E-state index in [1.54, 1.807) is 17.7 Å². The van der Waals surface area contributed by atoms with Gasteiger partial charge in [0, 0.05) is 42.2 Å². The zero-order chi connectivity index (χ0) is 24.2. The first-order valence-electron chi connectivity index (χ1n) is 12.8. The van der Waals surface area contributed by atoms with E-state index in [1.807, 2.05) is 18.2 Å². The molecule has 2 fully saturated rings. The maximum Gasteiger partial charge on any atom is 0.305 e. The number of H-pyrrole nitrogens is 1. The Kier molecular flexibility index (Phi) is 5.55. The molecule has 10 heteroatoms. The second-order valence-corrected chi connectivity index (χ2v) is 12.3. The number of anilines is 2. The van der Waals surface area contributed by atoms with Gasteiger partial charge in [-0.1, -0.05) is 17.8 Å². The Morgan fingerprint density at radius 1 is 1.11 bits per heavy atom. The van der Waals surface area contributed by atoms with Gasteiger partial charge in [0.1, 0.15) is 17.0 Å². The van der Waals surface area contributed by atoms with Gasteiger partial charge in [0.2, 0.25) is 5.91 Å². The van der Waals surface area contributed by atoms with Crippen molar-refractivity contribution in [3.05, 3.63) is 44.6 Å². The number of aromatic amines is 1. The van der Waals surface area contributed by atoms with Crippen molar-refractivity contribution in [1.29, 1.82) is 0 Å². The Morgan fingerprint density at radius 3 is 3.00 bits per heavy atom. The number of piperidine rings is 1. The number of carbonyl (C=O) groups is 1. The molecule has 0 spiro atoms. The van der Waals surface area contributed by atoms with Crippen LogP contribution in [0.25, 0.3) is 20.4 Å². The number of aromatic nitrogens is 3. The molecule has 2 saturated heterocycles. The topological polar surface area (TPSA) is 94.2 Å². The lowest BCUT2D eigenvalue weighted by atomic mass is 9.86. The zero-order valence-electron chi connectivity index (χ0n) is 20.0. The maximum atomic E-state index is 13.5. The number of thiazole rings is 1. The Morgan fingerprint density at radius 2 is 2.06 bits per heavy atom. The molecule has 36 heavy (non-hydrogen) atoms. The molecule has 2 N–H and O–H groups in total. The zero-order valence-corrected chi connectivity index (χ0v) is 21.6. The third kappa shape index (κ3) is 3.91. The number of hydrogen-bond acceptors (Lipinski definition) is 8. The summed E-state index contributed by atoms with van der Waals surface area (Å²) in [4.78, 5) is 44.1. The minimum Gasteiger partial charge on any atom is -0.340 e. The van der Waals surface area contributed by atoms with E-state index in [2.05, 4.69) is 30.1 Å². The van der Waals surface area contributed by atoms with Crippen molar-refractivity contribution in [3.63, 3.8) is 0 Å². The van der Waals surface area contributed by atoms with Gasteiger partial charge in [0.15, 0.2) is 0 Å². The first-order valence-corrected chi connectivity index (χ1v) is 14.4. The van der Waals surface area contributed by atoms with E-state index in [-0.39, 0.29) is 10.8 Å². The molecule has 3 aromatic heterocycles. The predicted octanol–water partition coefficient (Wildman–Crippen LogP) is 4.14. The highest BCUT2D eigenvalue weighted by Crippen LogP contribution is 2.41. The fourth-order valence-corrected chi connectivity index (χ4v) is 8.23. The molecule has 4 aromatic rings. The molecule has 0 bridgehead atoms. The lowest BCUT2D eigenvalue weighted by Crippen LogP contribution is -2.57. The standard InChI is InChI=1S/C26H28N6O2S2/c33-25(32-10-9-31-8-2-1-3-17(31)13-32)15-4-6-18-20(11-15)35-24-22(18)23(27-14-28-24)29-16-5-7-19-21(12-16)36-26(34)30-19/h5,7,12,14-15,17H,1-4,6,8-11,13H2,(H,30,34)(H,27,28,29). The van der Waals surface area contributed by atoms with Gasteiger partial charge in [-0.15, -0.1) is 11.3 Å². The normalized spacial score (nSPS) is 22.5.